The molecule has 0 aromatic carbocycles. The van der Waals surface area contributed by atoms with Gasteiger partial charge in [-0.05, 0) is 22.9 Å². The number of rotatable bonds is 7. The largest absolute Gasteiger partial charge is 0.368 e. The van der Waals surface area contributed by atoms with E-state index < -0.39 is 10.0 Å². The number of halogens is 1. The molecule has 1 heterocycles. The quantitative estimate of drug-likeness (QED) is 0.761. The highest BCUT2D eigenvalue weighted by Gasteiger charge is 2.13. The lowest BCUT2D eigenvalue weighted by Gasteiger charge is -2.13. The fourth-order valence-electron chi connectivity index (χ4n) is 1.22. The molecular formula is C10H18BrN5O2S. The summed E-state index contributed by atoms with van der Waals surface area (Å²) in [6.45, 7) is 2.94. The molecule has 0 bridgehead atoms. The van der Waals surface area contributed by atoms with Gasteiger partial charge in [-0.1, -0.05) is 0 Å². The molecule has 0 fully saturated rings. The second kappa shape index (κ2) is 7.01. The Morgan fingerprint density at radius 3 is 2.63 bits per heavy atom. The Hall–Kier alpha value is -0.930. The van der Waals surface area contributed by atoms with Crippen LogP contribution in [0.25, 0.3) is 0 Å². The van der Waals surface area contributed by atoms with E-state index in [1.165, 1.54) is 18.4 Å². The first-order valence-electron chi connectivity index (χ1n) is 5.77. The van der Waals surface area contributed by atoms with Gasteiger partial charge < -0.3 is 10.6 Å². The summed E-state index contributed by atoms with van der Waals surface area (Å²) in [5.41, 5.74) is 0. The van der Waals surface area contributed by atoms with Crippen LogP contribution < -0.4 is 10.6 Å². The van der Waals surface area contributed by atoms with Crippen LogP contribution in [0, 0.1) is 0 Å². The van der Waals surface area contributed by atoms with E-state index in [1.54, 1.807) is 6.20 Å². The topological polar surface area (TPSA) is 87.2 Å². The van der Waals surface area contributed by atoms with E-state index in [0.717, 1.165) is 6.54 Å². The molecule has 108 valence electrons. The molecule has 0 radical (unpaired) electrons. The first-order valence-corrected chi connectivity index (χ1v) is 8.17. The summed E-state index contributed by atoms with van der Waals surface area (Å²) in [5, 5.41) is 5.97. The van der Waals surface area contributed by atoms with E-state index in [9.17, 15) is 8.42 Å². The first kappa shape index (κ1) is 16.1. The molecule has 0 aliphatic carbocycles. The molecule has 1 aromatic rings. The Labute approximate surface area is 122 Å². The molecular weight excluding hydrogens is 334 g/mol. The van der Waals surface area contributed by atoms with Crippen LogP contribution in [-0.4, -0.2) is 55.6 Å². The van der Waals surface area contributed by atoms with Gasteiger partial charge in [-0.25, -0.2) is 17.7 Å². The van der Waals surface area contributed by atoms with Gasteiger partial charge in [0.1, 0.15) is 5.82 Å². The van der Waals surface area contributed by atoms with Crippen molar-refractivity contribution < 1.29 is 8.42 Å². The van der Waals surface area contributed by atoms with Gasteiger partial charge in [0.2, 0.25) is 16.0 Å². The summed E-state index contributed by atoms with van der Waals surface area (Å²) in [6.07, 6.45) is 1.62. The fourth-order valence-corrected chi connectivity index (χ4v) is 2.27. The maximum absolute atomic E-state index is 11.6. The number of sulfonamides is 1. The van der Waals surface area contributed by atoms with Gasteiger partial charge >= 0.3 is 0 Å². The summed E-state index contributed by atoms with van der Waals surface area (Å²) in [6, 6.07) is 0. The first-order chi connectivity index (χ1) is 8.86. The van der Waals surface area contributed by atoms with Gasteiger partial charge in [-0.3, -0.25) is 0 Å². The number of nitrogens with zero attached hydrogens (tertiary/aromatic N) is 3. The van der Waals surface area contributed by atoms with Crippen LogP contribution in [0.3, 0.4) is 0 Å². The summed E-state index contributed by atoms with van der Waals surface area (Å²) in [5.74, 6) is 1.08. The second-order valence-electron chi connectivity index (χ2n) is 3.95. The summed E-state index contributed by atoms with van der Waals surface area (Å²) in [7, 11) is -0.179. The molecule has 9 heteroatoms. The molecule has 0 amide bonds. The highest BCUT2D eigenvalue weighted by Crippen LogP contribution is 2.19. The van der Waals surface area contributed by atoms with E-state index >= 15 is 0 Å². The zero-order valence-corrected chi connectivity index (χ0v) is 13.5. The van der Waals surface area contributed by atoms with Crippen molar-refractivity contribution in [1.82, 2.24) is 14.3 Å². The highest BCUT2D eigenvalue weighted by molar-refractivity contribution is 9.10. The molecule has 0 saturated carbocycles. The van der Waals surface area contributed by atoms with Crippen LogP contribution in [0.15, 0.2) is 10.7 Å². The number of hydrogen-bond donors (Lipinski definition) is 2. The van der Waals surface area contributed by atoms with Crippen molar-refractivity contribution in [2.24, 2.45) is 0 Å². The van der Waals surface area contributed by atoms with Crippen molar-refractivity contribution in [1.29, 1.82) is 0 Å². The van der Waals surface area contributed by atoms with Crippen LogP contribution in [0.2, 0.25) is 0 Å². The molecule has 0 aliphatic heterocycles. The van der Waals surface area contributed by atoms with E-state index in [4.69, 9.17) is 0 Å². The molecule has 0 aliphatic rings. The third-order valence-corrected chi connectivity index (χ3v) is 4.70. The molecule has 0 saturated heterocycles. The van der Waals surface area contributed by atoms with E-state index in [1.807, 2.05) is 6.92 Å². The van der Waals surface area contributed by atoms with Crippen molar-refractivity contribution in [3.63, 3.8) is 0 Å². The standard InChI is InChI=1S/C10H18BrN5O2S/c1-4-12-10-14-7-8(11)9(15-10)13-5-6-19(17,18)16(2)3/h7H,4-6H2,1-3H3,(H2,12,13,14,15). The lowest BCUT2D eigenvalue weighted by molar-refractivity contribution is 0.521. The number of anilines is 2. The lowest BCUT2D eigenvalue weighted by atomic mass is 10.5. The van der Waals surface area contributed by atoms with Crippen LogP contribution in [-0.2, 0) is 10.0 Å². The van der Waals surface area contributed by atoms with E-state index in [-0.39, 0.29) is 12.3 Å². The lowest BCUT2D eigenvalue weighted by Crippen LogP contribution is -2.28. The fraction of sp³-hybridized carbons (Fsp3) is 0.600. The van der Waals surface area contributed by atoms with E-state index in [0.29, 0.717) is 16.2 Å². The van der Waals surface area contributed by atoms with Gasteiger partial charge in [0.05, 0.1) is 10.2 Å². The summed E-state index contributed by atoms with van der Waals surface area (Å²) >= 11 is 3.32. The molecule has 0 unspecified atom stereocenters. The van der Waals surface area contributed by atoms with Gasteiger partial charge in [0.15, 0.2) is 0 Å². The third kappa shape index (κ3) is 4.92. The van der Waals surface area contributed by atoms with Crippen molar-refractivity contribution in [3.05, 3.63) is 10.7 Å². The number of hydrogen-bond acceptors (Lipinski definition) is 6. The Bertz CT molecular complexity index is 521. The summed E-state index contributed by atoms with van der Waals surface area (Å²) in [4.78, 5) is 8.32. The van der Waals surface area contributed by atoms with Crippen molar-refractivity contribution in [3.8, 4) is 0 Å². The van der Waals surface area contributed by atoms with Gasteiger partial charge in [0.25, 0.3) is 0 Å². The molecule has 1 rings (SSSR count). The van der Waals surface area contributed by atoms with Crippen molar-refractivity contribution in [2.75, 3.05) is 43.6 Å². The van der Waals surface area contributed by atoms with Crippen LogP contribution >= 0.6 is 15.9 Å². The number of nitrogens with one attached hydrogen (secondary N) is 2. The smallest absolute Gasteiger partial charge is 0.224 e. The summed E-state index contributed by atoms with van der Waals surface area (Å²) < 4.78 is 25.1. The minimum atomic E-state index is -3.21. The Morgan fingerprint density at radius 1 is 1.37 bits per heavy atom. The molecule has 0 atom stereocenters. The van der Waals surface area contributed by atoms with Crippen LogP contribution in [0.4, 0.5) is 11.8 Å². The number of aromatic nitrogens is 2. The monoisotopic (exact) mass is 351 g/mol. The molecule has 2 N–H and O–H groups in total. The Balaban J connectivity index is 2.65. The maximum atomic E-state index is 11.6. The minimum Gasteiger partial charge on any atom is -0.368 e. The predicted octanol–water partition coefficient (Wildman–Crippen LogP) is 0.974. The normalized spacial score (nSPS) is 11.6. The molecule has 0 spiro atoms. The van der Waals surface area contributed by atoms with Gasteiger partial charge in [-0.15, -0.1) is 0 Å². The zero-order chi connectivity index (χ0) is 14.5. The highest BCUT2D eigenvalue weighted by atomic mass is 79.9. The van der Waals surface area contributed by atoms with Gasteiger partial charge in [-0.2, -0.15) is 4.98 Å². The van der Waals surface area contributed by atoms with Crippen LogP contribution in [0.5, 0.6) is 0 Å². The zero-order valence-electron chi connectivity index (χ0n) is 11.1. The van der Waals surface area contributed by atoms with Crippen molar-refractivity contribution in [2.45, 2.75) is 6.92 Å². The average Bonchev–Trinajstić information content (AvgIpc) is 2.33. The molecule has 7 nitrogen and oxygen atoms in total. The SMILES string of the molecule is CCNc1ncc(Br)c(NCCS(=O)(=O)N(C)C)n1. The Kier molecular flexibility index (Phi) is 5.95. The van der Waals surface area contributed by atoms with Crippen molar-refractivity contribution >= 4 is 37.7 Å². The Morgan fingerprint density at radius 2 is 2.05 bits per heavy atom. The minimum absolute atomic E-state index is 0.00693. The molecule has 19 heavy (non-hydrogen) atoms. The van der Waals surface area contributed by atoms with Crippen LogP contribution in [0.1, 0.15) is 6.92 Å². The third-order valence-electron chi connectivity index (χ3n) is 2.29. The van der Waals surface area contributed by atoms with Gasteiger partial charge in [0, 0.05) is 33.4 Å². The second-order valence-corrected chi connectivity index (χ2v) is 7.10. The predicted molar refractivity (Wildman–Crippen MR) is 79.9 cm³/mol. The molecule has 1 aromatic heterocycles. The average molecular weight is 352 g/mol. The van der Waals surface area contributed by atoms with E-state index in [2.05, 4.69) is 36.5 Å². The maximum Gasteiger partial charge on any atom is 0.224 e.